The molecule has 3 heterocycles. The Hall–Kier alpha value is -1.36. The van der Waals surface area contributed by atoms with Gasteiger partial charge >= 0.3 is 0 Å². The molecule has 0 spiro atoms. The van der Waals surface area contributed by atoms with Crippen LogP contribution in [0.2, 0.25) is 0 Å². The SMILES string of the molecule is c1cc(N2CCCCCC2)nc(NC(CC2CCCCC2)C2CCCN2)n1. The minimum absolute atomic E-state index is 0.454. The van der Waals surface area contributed by atoms with Crippen molar-refractivity contribution in [3.05, 3.63) is 12.3 Å². The lowest BCUT2D eigenvalue weighted by atomic mass is 9.83. The van der Waals surface area contributed by atoms with Crippen molar-refractivity contribution in [2.75, 3.05) is 29.9 Å². The van der Waals surface area contributed by atoms with E-state index < -0.39 is 0 Å². The smallest absolute Gasteiger partial charge is 0.224 e. The van der Waals surface area contributed by atoms with Gasteiger partial charge < -0.3 is 15.5 Å². The second kappa shape index (κ2) is 9.72. The van der Waals surface area contributed by atoms with Crippen molar-refractivity contribution in [2.45, 2.75) is 89.1 Å². The number of hydrogen-bond acceptors (Lipinski definition) is 5. The Balaban J connectivity index is 1.44. The molecule has 150 valence electrons. The molecule has 1 aromatic heterocycles. The molecule has 5 nitrogen and oxygen atoms in total. The molecule has 1 aliphatic carbocycles. The van der Waals surface area contributed by atoms with Gasteiger partial charge in [0.25, 0.3) is 0 Å². The van der Waals surface area contributed by atoms with Crippen LogP contribution in [0.15, 0.2) is 12.3 Å². The highest BCUT2D eigenvalue weighted by Gasteiger charge is 2.28. The summed E-state index contributed by atoms with van der Waals surface area (Å²) in [6, 6.07) is 3.10. The molecule has 0 amide bonds. The Morgan fingerprint density at radius 3 is 2.52 bits per heavy atom. The molecule has 5 heteroatoms. The zero-order valence-electron chi connectivity index (χ0n) is 16.8. The summed E-state index contributed by atoms with van der Waals surface area (Å²) >= 11 is 0. The molecule has 0 aromatic carbocycles. The predicted molar refractivity (Wildman–Crippen MR) is 112 cm³/mol. The Morgan fingerprint density at radius 1 is 1.00 bits per heavy atom. The van der Waals surface area contributed by atoms with Crippen molar-refractivity contribution < 1.29 is 0 Å². The van der Waals surface area contributed by atoms with Crippen LogP contribution in [-0.2, 0) is 0 Å². The summed E-state index contributed by atoms with van der Waals surface area (Å²) in [5.74, 6) is 2.80. The van der Waals surface area contributed by atoms with Crippen molar-refractivity contribution in [1.29, 1.82) is 0 Å². The van der Waals surface area contributed by atoms with Crippen molar-refractivity contribution in [3.8, 4) is 0 Å². The van der Waals surface area contributed by atoms with Crippen LogP contribution in [0.5, 0.6) is 0 Å². The molecule has 1 saturated carbocycles. The third-order valence-corrected chi connectivity index (χ3v) is 6.78. The monoisotopic (exact) mass is 371 g/mol. The number of nitrogens with one attached hydrogen (secondary N) is 2. The summed E-state index contributed by atoms with van der Waals surface area (Å²) in [4.78, 5) is 12.0. The molecule has 2 atom stereocenters. The number of rotatable bonds is 6. The van der Waals surface area contributed by atoms with Crippen LogP contribution in [0.25, 0.3) is 0 Å². The van der Waals surface area contributed by atoms with Crippen LogP contribution in [0.3, 0.4) is 0 Å². The average molecular weight is 372 g/mol. The van der Waals surface area contributed by atoms with Gasteiger partial charge in [-0.1, -0.05) is 44.9 Å². The molecule has 0 radical (unpaired) electrons. The summed E-state index contributed by atoms with van der Waals surface area (Å²) in [5.41, 5.74) is 0. The second-order valence-corrected chi connectivity index (χ2v) is 8.83. The van der Waals surface area contributed by atoms with E-state index in [9.17, 15) is 0 Å². The number of anilines is 2. The molecule has 2 saturated heterocycles. The van der Waals surface area contributed by atoms with Gasteiger partial charge in [0.15, 0.2) is 0 Å². The van der Waals surface area contributed by atoms with Gasteiger partial charge in [-0.15, -0.1) is 0 Å². The lowest BCUT2D eigenvalue weighted by Crippen LogP contribution is -2.42. The first-order chi connectivity index (χ1) is 13.4. The molecule has 1 aromatic rings. The number of hydrogen-bond donors (Lipinski definition) is 2. The highest BCUT2D eigenvalue weighted by Crippen LogP contribution is 2.30. The van der Waals surface area contributed by atoms with Gasteiger partial charge in [-0.3, -0.25) is 0 Å². The largest absolute Gasteiger partial charge is 0.356 e. The molecule has 2 N–H and O–H groups in total. The summed E-state index contributed by atoms with van der Waals surface area (Å²) in [6.45, 7) is 3.42. The van der Waals surface area contributed by atoms with E-state index in [1.54, 1.807) is 0 Å². The summed E-state index contributed by atoms with van der Waals surface area (Å²) in [6.07, 6.45) is 18.1. The van der Waals surface area contributed by atoms with Gasteiger partial charge in [0.2, 0.25) is 5.95 Å². The summed E-state index contributed by atoms with van der Waals surface area (Å²) in [5, 5.41) is 7.48. The van der Waals surface area contributed by atoms with Crippen LogP contribution in [0.1, 0.15) is 77.0 Å². The Bertz CT molecular complexity index is 558. The van der Waals surface area contributed by atoms with E-state index in [1.165, 1.54) is 77.0 Å². The minimum atomic E-state index is 0.454. The molecule has 2 aliphatic heterocycles. The van der Waals surface area contributed by atoms with Crippen LogP contribution >= 0.6 is 0 Å². The first-order valence-corrected chi connectivity index (χ1v) is 11.5. The molecule has 27 heavy (non-hydrogen) atoms. The van der Waals surface area contributed by atoms with Crippen LogP contribution in [0.4, 0.5) is 11.8 Å². The minimum Gasteiger partial charge on any atom is -0.356 e. The van der Waals surface area contributed by atoms with E-state index in [0.717, 1.165) is 37.3 Å². The van der Waals surface area contributed by atoms with E-state index in [0.29, 0.717) is 12.1 Å². The fourth-order valence-corrected chi connectivity index (χ4v) is 5.22. The molecule has 4 rings (SSSR count). The molecule has 2 unspecified atom stereocenters. The van der Waals surface area contributed by atoms with Crippen molar-refractivity contribution in [2.24, 2.45) is 5.92 Å². The first kappa shape index (κ1) is 19.0. The number of nitrogens with zero attached hydrogens (tertiary/aromatic N) is 3. The van der Waals surface area contributed by atoms with Gasteiger partial charge in [-0.05, 0) is 50.6 Å². The lowest BCUT2D eigenvalue weighted by molar-refractivity contribution is 0.304. The lowest BCUT2D eigenvalue weighted by Gasteiger charge is -2.31. The normalized spacial score (nSPS) is 25.9. The van der Waals surface area contributed by atoms with Crippen LogP contribution in [0, 0.1) is 5.92 Å². The summed E-state index contributed by atoms with van der Waals surface area (Å²) < 4.78 is 0. The van der Waals surface area contributed by atoms with Gasteiger partial charge in [0.1, 0.15) is 5.82 Å². The van der Waals surface area contributed by atoms with Crippen molar-refractivity contribution in [1.82, 2.24) is 15.3 Å². The van der Waals surface area contributed by atoms with Crippen molar-refractivity contribution in [3.63, 3.8) is 0 Å². The number of aromatic nitrogens is 2. The van der Waals surface area contributed by atoms with E-state index in [2.05, 4.69) is 26.6 Å². The Morgan fingerprint density at radius 2 is 1.78 bits per heavy atom. The maximum atomic E-state index is 4.92. The van der Waals surface area contributed by atoms with Gasteiger partial charge in [0.05, 0.1) is 0 Å². The average Bonchev–Trinajstić information content (AvgIpc) is 3.11. The summed E-state index contributed by atoms with van der Waals surface area (Å²) in [7, 11) is 0. The van der Waals surface area contributed by atoms with Gasteiger partial charge in [-0.2, -0.15) is 4.98 Å². The fourth-order valence-electron chi connectivity index (χ4n) is 5.22. The maximum Gasteiger partial charge on any atom is 0.224 e. The van der Waals surface area contributed by atoms with E-state index in [-0.39, 0.29) is 0 Å². The topological polar surface area (TPSA) is 53.1 Å². The van der Waals surface area contributed by atoms with Crippen molar-refractivity contribution >= 4 is 11.8 Å². The van der Waals surface area contributed by atoms with Crippen LogP contribution in [-0.4, -0.2) is 41.7 Å². The zero-order chi connectivity index (χ0) is 18.3. The third kappa shape index (κ3) is 5.34. The molecule has 3 aliphatic rings. The Kier molecular flexibility index (Phi) is 6.83. The van der Waals surface area contributed by atoms with E-state index in [1.807, 2.05) is 6.20 Å². The zero-order valence-corrected chi connectivity index (χ0v) is 16.8. The van der Waals surface area contributed by atoms with Gasteiger partial charge in [0, 0.05) is 31.4 Å². The highest BCUT2D eigenvalue weighted by molar-refractivity contribution is 5.43. The fraction of sp³-hybridized carbons (Fsp3) is 0.818. The molecular weight excluding hydrogens is 334 g/mol. The quantitative estimate of drug-likeness (QED) is 0.778. The molecule has 0 bridgehead atoms. The predicted octanol–water partition coefficient (Wildman–Crippen LogP) is 4.36. The standard InChI is InChI=1S/C22H37N5/c1-2-7-16-27(15-6-1)21-12-14-24-22(26-21)25-20(19-11-8-13-23-19)17-18-9-4-3-5-10-18/h12,14,18-20,23H,1-11,13,15-17H2,(H,24,25,26). The van der Waals surface area contributed by atoms with Gasteiger partial charge in [-0.25, -0.2) is 4.98 Å². The molecular formula is C22H37N5. The van der Waals surface area contributed by atoms with E-state index >= 15 is 0 Å². The van der Waals surface area contributed by atoms with E-state index in [4.69, 9.17) is 4.98 Å². The maximum absolute atomic E-state index is 4.92. The van der Waals surface area contributed by atoms with Crippen LogP contribution < -0.4 is 15.5 Å². The Labute approximate surface area is 164 Å². The molecule has 3 fully saturated rings. The first-order valence-electron chi connectivity index (χ1n) is 11.5. The highest BCUT2D eigenvalue weighted by atomic mass is 15.2. The second-order valence-electron chi connectivity index (χ2n) is 8.83. The third-order valence-electron chi connectivity index (χ3n) is 6.78.